The minimum Gasteiger partial charge on any atom is -0.390 e. The van der Waals surface area contributed by atoms with Crippen LogP contribution in [0.3, 0.4) is 0 Å². The molecule has 0 heterocycles. The molecule has 0 amide bonds. The molecule has 3 aliphatic carbocycles. The average molecular weight is 236 g/mol. The van der Waals surface area contributed by atoms with Crippen LogP contribution >= 0.6 is 0 Å². The molecule has 0 radical (unpaired) electrons. The molecular formula is C16H28O. The van der Waals surface area contributed by atoms with Gasteiger partial charge in [-0.25, -0.2) is 0 Å². The van der Waals surface area contributed by atoms with Crippen molar-refractivity contribution in [3.8, 4) is 0 Å². The third kappa shape index (κ3) is 3.05. The van der Waals surface area contributed by atoms with Gasteiger partial charge in [0.2, 0.25) is 0 Å². The lowest BCUT2D eigenvalue weighted by Gasteiger charge is -2.37. The Labute approximate surface area is 106 Å². The van der Waals surface area contributed by atoms with Crippen molar-refractivity contribution in [3.05, 3.63) is 0 Å². The Bertz CT molecular complexity index is 250. The first-order valence-electron chi connectivity index (χ1n) is 7.98. The van der Waals surface area contributed by atoms with Crippen molar-refractivity contribution in [1.29, 1.82) is 0 Å². The van der Waals surface area contributed by atoms with Crippen LogP contribution in [0.5, 0.6) is 0 Å². The van der Waals surface area contributed by atoms with E-state index in [1.165, 1.54) is 57.8 Å². The van der Waals surface area contributed by atoms with Crippen LogP contribution in [-0.4, -0.2) is 10.7 Å². The van der Waals surface area contributed by atoms with E-state index in [9.17, 15) is 5.11 Å². The van der Waals surface area contributed by atoms with Gasteiger partial charge in [0.25, 0.3) is 0 Å². The molecule has 3 aliphatic rings. The number of rotatable bonds is 3. The molecule has 2 atom stereocenters. The summed E-state index contributed by atoms with van der Waals surface area (Å²) in [5.41, 5.74) is -0.209. The molecule has 1 nitrogen and oxygen atoms in total. The monoisotopic (exact) mass is 236 g/mol. The standard InChI is InChI=1S/C16H28O/c17-16(9-10-16)12-13-5-4-8-15(11-13)14-6-2-1-3-7-14/h13-15,17H,1-12H2. The van der Waals surface area contributed by atoms with E-state index < -0.39 is 0 Å². The summed E-state index contributed by atoms with van der Waals surface area (Å²) in [6.07, 6.45) is 16.5. The maximum absolute atomic E-state index is 10.1. The van der Waals surface area contributed by atoms with Crippen molar-refractivity contribution in [1.82, 2.24) is 0 Å². The quantitative estimate of drug-likeness (QED) is 0.775. The second-order valence-electron chi connectivity index (χ2n) is 7.12. The minimum atomic E-state index is -0.209. The van der Waals surface area contributed by atoms with Crippen LogP contribution in [-0.2, 0) is 0 Å². The SMILES string of the molecule is OC1(CC2CCCC(C3CCCCC3)C2)CC1. The zero-order valence-electron chi connectivity index (χ0n) is 11.2. The van der Waals surface area contributed by atoms with Crippen LogP contribution in [0, 0.1) is 17.8 Å². The first kappa shape index (κ1) is 12.0. The Morgan fingerprint density at radius 3 is 2.24 bits per heavy atom. The average Bonchev–Trinajstić information content (AvgIpc) is 3.08. The summed E-state index contributed by atoms with van der Waals surface area (Å²) in [6.45, 7) is 0. The van der Waals surface area contributed by atoms with Crippen molar-refractivity contribution in [3.63, 3.8) is 0 Å². The molecule has 3 fully saturated rings. The molecule has 0 aliphatic heterocycles. The summed E-state index contributed by atoms with van der Waals surface area (Å²) < 4.78 is 0. The van der Waals surface area contributed by atoms with E-state index in [0.717, 1.165) is 37.0 Å². The first-order chi connectivity index (χ1) is 8.25. The van der Waals surface area contributed by atoms with E-state index in [1.54, 1.807) is 0 Å². The molecule has 1 N–H and O–H groups in total. The van der Waals surface area contributed by atoms with Gasteiger partial charge in [-0.05, 0) is 43.4 Å². The smallest absolute Gasteiger partial charge is 0.0652 e. The van der Waals surface area contributed by atoms with Crippen LogP contribution < -0.4 is 0 Å². The van der Waals surface area contributed by atoms with Crippen LogP contribution in [0.25, 0.3) is 0 Å². The molecule has 2 unspecified atom stereocenters. The highest BCUT2D eigenvalue weighted by Crippen LogP contribution is 2.47. The predicted octanol–water partition coefficient (Wildman–Crippen LogP) is 4.29. The van der Waals surface area contributed by atoms with E-state index in [4.69, 9.17) is 0 Å². The van der Waals surface area contributed by atoms with E-state index in [-0.39, 0.29) is 5.60 Å². The van der Waals surface area contributed by atoms with E-state index >= 15 is 0 Å². The molecule has 17 heavy (non-hydrogen) atoms. The molecule has 3 saturated carbocycles. The summed E-state index contributed by atoms with van der Waals surface area (Å²) in [5, 5.41) is 10.1. The van der Waals surface area contributed by atoms with Crippen molar-refractivity contribution in [2.45, 2.75) is 82.7 Å². The van der Waals surface area contributed by atoms with Gasteiger partial charge in [0, 0.05) is 0 Å². The molecule has 3 rings (SSSR count). The third-order valence-corrected chi connectivity index (χ3v) is 5.64. The van der Waals surface area contributed by atoms with Crippen molar-refractivity contribution >= 4 is 0 Å². The highest BCUT2D eigenvalue weighted by Gasteiger charge is 2.43. The lowest BCUT2D eigenvalue weighted by molar-refractivity contribution is 0.0831. The van der Waals surface area contributed by atoms with Crippen molar-refractivity contribution in [2.75, 3.05) is 0 Å². The molecule has 0 spiro atoms. The summed E-state index contributed by atoms with van der Waals surface area (Å²) in [5.74, 6) is 2.90. The number of hydrogen-bond donors (Lipinski definition) is 1. The summed E-state index contributed by atoms with van der Waals surface area (Å²) >= 11 is 0. The van der Waals surface area contributed by atoms with Crippen LogP contribution in [0.4, 0.5) is 0 Å². The van der Waals surface area contributed by atoms with Gasteiger partial charge in [-0.3, -0.25) is 0 Å². The zero-order chi connectivity index (χ0) is 11.7. The maximum atomic E-state index is 10.1. The van der Waals surface area contributed by atoms with Gasteiger partial charge in [-0.2, -0.15) is 0 Å². The first-order valence-corrected chi connectivity index (χ1v) is 7.98. The second kappa shape index (κ2) is 4.91. The number of hydrogen-bond acceptors (Lipinski definition) is 1. The Morgan fingerprint density at radius 1 is 0.824 bits per heavy atom. The zero-order valence-corrected chi connectivity index (χ0v) is 11.2. The lowest BCUT2D eigenvalue weighted by atomic mass is 9.69. The normalized spacial score (nSPS) is 37.9. The molecular weight excluding hydrogens is 208 g/mol. The summed E-state index contributed by atoms with van der Waals surface area (Å²) in [4.78, 5) is 0. The predicted molar refractivity (Wildman–Crippen MR) is 70.8 cm³/mol. The summed E-state index contributed by atoms with van der Waals surface area (Å²) in [6, 6.07) is 0. The van der Waals surface area contributed by atoms with Crippen LogP contribution in [0.1, 0.15) is 77.0 Å². The molecule has 0 aromatic carbocycles. The number of aliphatic hydroxyl groups is 1. The van der Waals surface area contributed by atoms with Gasteiger partial charge in [0.1, 0.15) is 0 Å². The third-order valence-electron chi connectivity index (χ3n) is 5.64. The van der Waals surface area contributed by atoms with Gasteiger partial charge in [-0.1, -0.05) is 51.4 Å². The topological polar surface area (TPSA) is 20.2 Å². The van der Waals surface area contributed by atoms with E-state index in [2.05, 4.69) is 0 Å². The van der Waals surface area contributed by atoms with Crippen molar-refractivity contribution in [2.24, 2.45) is 17.8 Å². The van der Waals surface area contributed by atoms with E-state index in [1.807, 2.05) is 0 Å². The Morgan fingerprint density at radius 2 is 1.53 bits per heavy atom. The molecule has 0 saturated heterocycles. The van der Waals surface area contributed by atoms with E-state index in [0.29, 0.717) is 0 Å². The Balaban J connectivity index is 1.51. The maximum Gasteiger partial charge on any atom is 0.0652 e. The van der Waals surface area contributed by atoms with Crippen LogP contribution in [0.15, 0.2) is 0 Å². The second-order valence-corrected chi connectivity index (χ2v) is 7.12. The largest absolute Gasteiger partial charge is 0.390 e. The van der Waals surface area contributed by atoms with Gasteiger partial charge in [0.15, 0.2) is 0 Å². The van der Waals surface area contributed by atoms with Crippen LogP contribution in [0.2, 0.25) is 0 Å². The fourth-order valence-corrected chi connectivity index (χ4v) is 4.44. The Kier molecular flexibility index (Phi) is 3.47. The van der Waals surface area contributed by atoms with Gasteiger partial charge in [-0.15, -0.1) is 0 Å². The highest BCUT2D eigenvalue weighted by atomic mass is 16.3. The molecule has 0 bridgehead atoms. The summed E-state index contributed by atoms with van der Waals surface area (Å²) in [7, 11) is 0. The Hall–Kier alpha value is -0.0400. The minimum absolute atomic E-state index is 0.209. The molecule has 1 heteroatoms. The fourth-order valence-electron chi connectivity index (χ4n) is 4.44. The van der Waals surface area contributed by atoms with Crippen molar-refractivity contribution < 1.29 is 5.11 Å². The highest BCUT2D eigenvalue weighted by molar-refractivity contribution is 4.96. The molecule has 98 valence electrons. The molecule has 0 aromatic rings. The van der Waals surface area contributed by atoms with Gasteiger partial charge >= 0.3 is 0 Å². The van der Waals surface area contributed by atoms with Gasteiger partial charge < -0.3 is 5.11 Å². The van der Waals surface area contributed by atoms with Gasteiger partial charge in [0.05, 0.1) is 5.60 Å². The lowest BCUT2D eigenvalue weighted by Crippen LogP contribution is -2.27. The molecule has 0 aromatic heterocycles. The fraction of sp³-hybridized carbons (Fsp3) is 1.00.